The van der Waals surface area contributed by atoms with Crippen molar-refractivity contribution in [3.63, 3.8) is 0 Å². The highest BCUT2D eigenvalue weighted by Crippen LogP contribution is 2.32. The first kappa shape index (κ1) is 16.2. The van der Waals surface area contributed by atoms with Crippen LogP contribution in [0.25, 0.3) is 0 Å². The molecule has 0 saturated heterocycles. The van der Waals surface area contributed by atoms with Crippen LogP contribution in [-0.2, 0) is 0 Å². The Labute approximate surface area is 132 Å². The molecule has 0 bridgehead atoms. The fourth-order valence-corrected chi connectivity index (χ4v) is 2.62. The van der Waals surface area contributed by atoms with Gasteiger partial charge in [0.25, 0.3) is 0 Å². The van der Waals surface area contributed by atoms with Gasteiger partial charge in [0.15, 0.2) is 11.6 Å². The lowest BCUT2D eigenvalue weighted by Gasteiger charge is -2.21. The molecule has 0 aliphatic rings. The van der Waals surface area contributed by atoms with E-state index in [0.29, 0.717) is 11.8 Å². The molecule has 114 valence electrons. The molecule has 2 nitrogen and oxygen atoms in total. The van der Waals surface area contributed by atoms with E-state index in [1.807, 2.05) is 48.5 Å². The SMILES string of the molecule is CC(=O)c1ccc([C@H](C)[C@@H](C)c2ccc(C(C)=O)cc2)cc1. The van der Waals surface area contributed by atoms with Crippen molar-refractivity contribution in [3.8, 4) is 0 Å². The fourth-order valence-electron chi connectivity index (χ4n) is 2.62. The molecule has 0 aromatic heterocycles. The Morgan fingerprint density at radius 3 is 1.14 bits per heavy atom. The average molecular weight is 294 g/mol. The molecule has 22 heavy (non-hydrogen) atoms. The summed E-state index contributed by atoms with van der Waals surface area (Å²) in [4.78, 5) is 22.7. The molecule has 0 fully saturated rings. The summed E-state index contributed by atoms with van der Waals surface area (Å²) < 4.78 is 0. The van der Waals surface area contributed by atoms with Gasteiger partial charge in [-0.3, -0.25) is 9.59 Å². The number of carbonyl (C=O) groups excluding carboxylic acids is 2. The monoisotopic (exact) mass is 294 g/mol. The zero-order valence-corrected chi connectivity index (χ0v) is 13.6. The van der Waals surface area contributed by atoms with Crippen LogP contribution in [0.2, 0.25) is 0 Å². The average Bonchev–Trinajstić information content (AvgIpc) is 2.53. The van der Waals surface area contributed by atoms with Gasteiger partial charge in [0.1, 0.15) is 0 Å². The Morgan fingerprint density at radius 2 is 0.909 bits per heavy atom. The predicted molar refractivity (Wildman–Crippen MR) is 89.7 cm³/mol. The zero-order valence-electron chi connectivity index (χ0n) is 13.6. The molecule has 0 unspecified atom stereocenters. The van der Waals surface area contributed by atoms with Gasteiger partial charge in [0.05, 0.1) is 0 Å². The van der Waals surface area contributed by atoms with Crippen LogP contribution in [0.3, 0.4) is 0 Å². The van der Waals surface area contributed by atoms with E-state index in [2.05, 4.69) is 13.8 Å². The Bertz CT molecular complexity index is 604. The maximum atomic E-state index is 11.3. The lowest BCUT2D eigenvalue weighted by molar-refractivity contribution is 0.100. The van der Waals surface area contributed by atoms with Crippen molar-refractivity contribution < 1.29 is 9.59 Å². The molecule has 2 heteroatoms. The second-order valence-electron chi connectivity index (χ2n) is 5.93. The summed E-state index contributed by atoms with van der Waals surface area (Å²) in [5, 5.41) is 0. The van der Waals surface area contributed by atoms with Crippen LogP contribution in [0.15, 0.2) is 48.5 Å². The Hall–Kier alpha value is -2.22. The summed E-state index contributed by atoms with van der Waals surface area (Å²) in [5.41, 5.74) is 3.92. The molecule has 0 heterocycles. The molecule has 2 rings (SSSR count). The molecule has 0 radical (unpaired) electrons. The van der Waals surface area contributed by atoms with Crippen molar-refractivity contribution >= 4 is 11.6 Å². The smallest absolute Gasteiger partial charge is 0.159 e. The molecule has 2 atom stereocenters. The second kappa shape index (κ2) is 6.69. The van der Waals surface area contributed by atoms with Gasteiger partial charge in [-0.25, -0.2) is 0 Å². The molecule has 0 amide bonds. The first-order chi connectivity index (χ1) is 10.4. The molecule has 0 N–H and O–H groups in total. The minimum atomic E-state index is 0.0899. The number of benzene rings is 2. The van der Waals surface area contributed by atoms with Crippen LogP contribution in [0, 0.1) is 0 Å². The van der Waals surface area contributed by atoms with Crippen molar-refractivity contribution in [1.82, 2.24) is 0 Å². The molecule has 2 aromatic carbocycles. The second-order valence-corrected chi connectivity index (χ2v) is 5.93. The summed E-state index contributed by atoms with van der Waals surface area (Å²) in [7, 11) is 0. The number of Topliss-reactive ketones (excluding diaryl/α,β-unsaturated/α-hetero) is 2. The quantitative estimate of drug-likeness (QED) is 0.727. The van der Waals surface area contributed by atoms with E-state index in [1.54, 1.807) is 13.8 Å². The van der Waals surface area contributed by atoms with Crippen molar-refractivity contribution in [2.24, 2.45) is 0 Å². The predicted octanol–water partition coefficient (Wildman–Crippen LogP) is 5.00. The van der Waals surface area contributed by atoms with Gasteiger partial charge < -0.3 is 0 Å². The molecule has 0 aliphatic heterocycles. The highest BCUT2D eigenvalue weighted by Gasteiger charge is 2.16. The number of ketones is 2. The highest BCUT2D eigenvalue weighted by molar-refractivity contribution is 5.94. The van der Waals surface area contributed by atoms with Crippen molar-refractivity contribution in [3.05, 3.63) is 70.8 Å². The molecule has 2 aromatic rings. The lowest BCUT2D eigenvalue weighted by Crippen LogP contribution is -2.06. The Kier molecular flexibility index (Phi) is 4.92. The largest absolute Gasteiger partial charge is 0.295 e. The molecule has 0 saturated carbocycles. The van der Waals surface area contributed by atoms with E-state index in [9.17, 15) is 9.59 Å². The van der Waals surface area contributed by atoms with Crippen molar-refractivity contribution in [2.75, 3.05) is 0 Å². The summed E-state index contributed by atoms with van der Waals surface area (Å²) in [6, 6.07) is 15.7. The van der Waals surface area contributed by atoms with Crippen LogP contribution in [-0.4, -0.2) is 11.6 Å². The number of carbonyl (C=O) groups is 2. The fraction of sp³-hybridized carbons (Fsp3) is 0.300. The van der Waals surface area contributed by atoms with Crippen LogP contribution in [0.4, 0.5) is 0 Å². The number of rotatable bonds is 5. The number of hydrogen-bond donors (Lipinski definition) is 0. The molecule has 0 aliphatic carbocycles. The third-order valence-corrected chi connectivity index (χ3v) is 4.44. The van der Waals surface area contributed by atoms with E-state index < -0.39 is 0 Å². The normalized spacial score (nSPS) is 13.5. The Balaban J connectivity index is 2.18. The summed E-state index contributed by atoms with van der Waals surface area (Å²) >= 11 is 0. The Morgan fingerprint density at radius 1 is 0.636 bits per heavy atom. The van der Waals surface area contributed by atoms with Gasteiger partial charge in [-0.15, -0.1) is 0 Å². The minimum Gasteiger partial charge on any atom is -0.295 e. The molecular formula is C20H22O2. The third kappa shape index (κ3) is 3.51. The van der Waals surface area contributed by atoms with E-state index in [1.165, 1.54) is 11.1 Å². The molecular weight excluding hydrogens is 272 g/mol. The van der Waals surface area contributed by atoms with E-state index >= 15 is 0 Å². The minimum absolute atomic E-state index is 0.0899. The van der Waals surface area contributed by atoms with Gasteiger partial charge in [-0.2, -0.15) is 0 Å². The summed E-state index contributed by atoms with van der Waals surface area (Å²) in [6.45, 7) is 7.54. The first-order valence-electron chi connectivity index (χ1n) is 7.62. The van der Waals surface area contributed by atoms with Crippen LogP contribution < -0.4 is 0 Å². The van der Waals surface area contributed by atoms with Crippen LogP contribution in [0.1, 0.15) is 71.4 Å². The summed E-state index contributed by atoms with van der Waals surface area (Å²) in [6.07, 6.45) is 0. The van der Waals surface area contributed by atoms with Crippen molar-refractivity contribution in [1.29, 1.82) is 0 Å². The zero-order chi connectivity index (χ0) is 16.3. The van der Waals surface area contributed by atoms with Crippen LogP contribution in [0.5, 0.6) is 0 Å². The van der Waals surface area contributed by atoms with Crippen molar-refractivity contribution in [2.45, 2.75) is 39.5 Å². The topological polar surface area (TPSA) is 34.1 Å². The third-order valence-electron chi connectivity index (χ3n) is 4.44. The van der Waals surface area contributed by atoms with E-state index in [4.69, 9.17) is 0 Å². The van der Waals surface area contributed by atoms with E-state index in [0.717, 1.165) is 11.1 Å². The number of hydrogen-bond acceptors (Lipinski definition) is 2. The van der Waals surface area contributed by atoms with Crippen LogP contribution >= 0.6 is 0 Å². The molecule has 0 spiro atoms. The van der Waals surface area contributed by atoms with Gasteiger partial charge in [-0.1, -0.05) is 62.4 Å². The van der Waals surface area contributed by atoms with Gasteiger partial charge >= 0.3 is 0 Å². The van der Waals surface area contributed by atoms with Gasteiger partial charge in [0.2, 0.25) is 0 Å². The first-order valence-corrected chi connectivity index (χ1v) is 7.62. The highest BCUT2D eigenvalue weighted by atomic mass is 16.1. The standard InChI is InChI=1S/C20H22O2/c1-13(17-5-9-19(10-6-17)15(3)21)14(2)18-7-11-20(12-8-18)16(4)22/h5-14H,1-4H3/t13-,14-/m1/s1. The maximum Gasteiger partial charge on any atom is 0.159 e. The van der Waals surface area contributed by atoms with Gasteiger partial charge in [0, 0.05) is 11.1 Å². The van der Waals surface area contributed by atoms with E-state index in [-0.39, 0.29) is 11.6 Å². The maximum absolute atomic E-state index is 11.3. The van der Waals surface area contributed by atoms with Gasteiger partial charge in [-0.05, 0) is 36.8 Å². The lowest BCUT2D eigenvalue weighted by atomic mass is 9.83. The summed E-state index contributed by atoms with van der Waals surface area (Å²) in [5.74, 6) is 0.854.